The quantitative estimate of drug-likeness (QED) is 0.222. The van der Waals surface area contributed by atoms with Crippen molar-refractivity contribution in [2.45, 2.75) is 46.5 Å². The second-order valence-corrected chi connectivity index (χ2v) is 14.4. The van der Waals surface area contributed by atoms with Gasteiger partial charge in [-0.2, -0.15) is 0 Å². The lowest BCUT2D eigenvalue weighted by Gasteiger charge is -2.22. The Morgan fingerprint density at radius 2 is 1.26 bits per heavy atom. The predicted molar refractivity (Wildman–Crippen MR) is 162 cm³/mol. The highest BCUT2D eigenvalue weighted by Crippen LogP contribution is 2.49. The van der Waals surface area contributed by atoms with Gasteiger partial charge in [0.1, 0.15) is 0 Å². The maximum atomic E-state index is 15.7. The highest BCUT2D eigenvalue weighted by atomic mass is 31.2. The third-order valence-electron chi connectivity index (χ3n) is 7.87. The summed E-state index contributed by atoms with van der Waals surface area (Å²) in [5.74, 6) is 0. The second kappa shape index (κ2) is 9.00. The van der Waals surface area contributed by atoms with Crippen LogP contribution in [0.25, 0.3) is 16.8 Å². The summed E-state index contributed by atoms with van der Waals surface area (Å²) in [5.41, 5.74) is 9.61. The number of para-hydroxylation sites is 1. The van der Waals surface area contributed by atoms with Crippen LogP contribution in [0, 0.1) is 13.8 Å². The van der Waals surface area contributed by atoms with Crippen molar-refractivity contribution >= 4 is 23.1 Å². The fourth-order valence-electron chi connectivity index (χ4n) is 5.62. The molecule has 0 saturated carbocycles. The third kappa shape index (κ3) is 3.99. The molecule has 0 atom stereocenters. The summed E-state index contributed by atoms with van der Waals surface area (Å²) in [6.07, 6.45) is 2.99. The average molecular weight is 516 g/mol. The zero-order valence-corrected chi connectivity index (χ0v) is 23.7. The fraction of sp³-hybridized carbons (Fsp3) is 0.200. The SMILES string of the molecule is Cc1ccc(P(=O)(c2ccc(C)cc2)c2cn3c(c2-c2ccc(C(C)(C)C)cc2)Cc2ccccc2-3)cc1. The molecule has 0 unspecified atom stereocenters. The predicted octanol–water partition coefficient (Wildman–Crippen LogP) is 7.60. The van der Waals surface area contributed by atoms with Crippen molar-refractivity contribution in [1.82, 2.24) is 4.57 Å². The van der Waals surface area contributed by atoms with E-state index in [9.17, 15) is 0 Å². The van der Waals surface area contributed by atoms with Gasteiger partial charge in [0, 0.05) is 45.5 Å². The van der Waals surface area contributed by atoms with E-state index in [1.807, 2.05) is 0 Å². The molecule has 3 heteroatoms. The number of aryl methyl sites for hydroxylation is 2. The molecule has 5 aromatic rings. The van der Waals surface area contributed by atoms with Crippen molar-refractivity contribution < 1.29 is 4.57 Å². The molecule has 0 saturated heterocycles. The van der Waals surface area contributed by atoms with Crippen LogP contribution in [-0.4, -0.2) is 4.57 Å². The minimum Gasteiger partial charge on any atom is -0.319 e. The van der Waals surface area contributed by atoms with Crippen LogP contribution in [0.5, 0.6) is 0 Å². The maximum Gasteiger partial charge on any atom is 0.173 e. The van der Waals surface area contributed by atoms with Crippen LogP contribution < -0.4 is 15.9 Å². The Balaban J connectivity index is 1.66. The van der Waals surface area contributed by atoms with E-state index in [0.29, 0.717) is 0 Å². The molecule has 0 N–H and O–H groups in total. The Kier molecular flexibility index (Phi) is 5.85. The monoisotopic (exact) mass is 515 g/mol. The van der Waals surface area contributed by atoms with Crippen LogP contribution in [0.3, 0.4) is 0 Å². The van der Waals surface area contributed by atoms with E-state index >= 15 is 4.57 Å². The molecule has 4 aromatic carbocycles. The highest BCUT2D eigenvalue weighted by Gasteiger charge is 2.37. The van der Waals surface area contributed by atoms with Crippen molar-refractivity contribution in [2.24, 2.45) is 0 Å². The normalized spacial score (nSPS) is 12.9. The molecule has 2 heterocycles. The van der Waals surface area contributed by atoms with E-state index in [2.05, 4.69) is 142 Å². The molecular weight excluding hydrogens is 481 g/mol. The zero-order chi connectivity index (χ0) is 26.7. The molecule has 0 fully saturated rings. The Morgan fingerprint density at radius 3 is 1.82 bits per heavy atom. The van der Waals surface area contributed by atoms with Crippen molar-refractivity contribution in [2.75, 3.05) is 0 Å². The summed E-state index contributed by atoms with van der Waals surface area (Å²) >= 11 is 0. The fourth-order valence-corrected chi connectivity index (χ4v) is 8.47. The van der Waals surface area contributed by atoms with E-state index in [1.165, 1.54) is 22.5 Å². The van der Waals surface area contributed by atoms with Gasteiger partial charge in [-0.1, -0.05) is 123 Å². The van der Waals surface area contributed by atoms with Gasteiger partial charge in [0.2, 0.25) is 0 Å². The summed E-state index contributed by atoms with van der Waals surface area (Å²) in [7, 11) is -3.18. The molecule has 6 rings (SSSR count). The topological polar surface area (TPSA) is 22.0 Å². The number of rotatable bonds is 4. The number of hydrogen-bond acceptors (Lipinski definition) is 1. The molecule has 0 radical (unpaired) electrons. The first-order chi connectivity index (χ1) is 18.2. The first-order valence-electron chi connectivity index (χ1n) is 13.3. The van der Waals surface area contributed by atoms with Crippen molar-refractivity contribution in [1.29, 1.82) is 0 Å². The van der Waals surface area contributed by atoms with Gasteiger partial charge >= 0.3 is 0 Å². The summed E-state index contributed by atoms with van der Waals surface area (Å²) in [4.78, 5) is 0. The molecule has 38 heavy (non-hydrogen) atoms. The van der Waals surface area contributed by atoms with Crippen LogP contribution in [0.1, 0.15) is 48.7 Å². The maximum absolute atomic E-state index is 15.7. The lowest BCUT2D eigenvalue weighted by molar-refractivity contribution is 0.590. The van der Waals surface area contributed by atoms with Gasteiger partial charge in [0.25, 0.3) is 0 Å². The molecule has 1 aliphatic rings. The smallest absolute Gasteiger partial charge is 0.173 e. The number of hydrogen-bond donors (Lipinski definition) is 0. The molecule has 1 aromatic heterocycles. The Hall–Kier alpha value is -3.61. The van der Waals surface area contributed by atoms with E-state index in [-0.39, 0.29) is 5.41 Å². The lowest BCUT2D eigenvalue weighted by Crippen LogP contribution is -2.26. The zero-order valence-electron chi connectivity index (χ0n) is 22.8. The highest BCUT2D eigenvalue weighted by molar-refractivity contribution is 7.85. The third-order valence-corrected chi connectivity index (χ3v) is 10.9. The van der Waals surface area contributed by atoms with Gasteiger partial charge in [-0.15, -0.1) is 0 Å². The van der Waals surface area contributed by atoms with E-state index in [4.69, 9.17) is 0 Å². The standard InChI is InChI=1S/C35H34NOP/c1-24-10-18-29(19-11-24)38(37,30-20-12-25(2)13-21-30)33-23-36-31-9-7-6-8-27(31)22-32(36)34(33)26-14-16-28(17-15-26)35(3,4)5/h6-21,23H,22H2,1-5H3. The summed E-state index contributed by atoms with van der Waals surface area (Å²) in [6.45, 7) is 10.9. The first-order valence-corrected chi connectivity index (χ1v) is 15.1. The summed E-state index contributed by atoms with van der Waals surface area (Å²) in [6, 6.07) is 34.0. The van der Waals surface area contributed by atoms with Crippen LogP contribution in [0.2, 0.25) is 0 Å². The van der Waals surface area contributed by atoms with E-state index < -0.39 is 7.14 Å². The van der Waals surface area contributed by atoms with Crippen molar-refractivity contribution in [3.05, 3.63) is 131 Å². The van der Waals surface area contributed by atoms with Crippen LogP contribution in [-0.2, 0) is 16.4 Å². The molecular formula is C35H34NOP. The molecule has 0 spiro atoms. The summed E-state index contributed by atoms with van der Waals surface area (Å²) < 4.78 is 17.9. The minimum absolute atomic E-state index is 0.0689. The number of aromatic nitrogens is 1. The minimum atomic E-state index is -3.18. The largest absolute Gasteiger partial charge is 0.319 e. The van der Waals surface area contributed by atoms with Crippen LogP contribution in [0.15, 0.2) is 103 Å². The number of fused-ring (bicyclic) bond motifs is 3. The first kappa shape index (κ1) is 24.7. The lowest BCUT2D eigenvalue weighted by atomic mass is 9.86. The van der Waals surface area contributed by atoms with Gasteiger partial charge < -0.3 is 9.13 Å². The molecule has 190 valence electrons. The van der Waals surface area contributed by atoms with Gasteiger partial charge in [-0.05, 0) is 42.0 Å². The molecule has 0 amide bonds. The van der Waals surface area contributed by atoms with Crippen molar-refractivity contribution in [3.63, 3.8) is 0 Å². The summed E-state index contributed by atoms with van der Waals surface area (Å²) in [5, 5.41) is 2.66. The Bertz CT molecular complexity index is 1630. The Morgan fingerprint density at radius 1 is 0.711 bits per heavy atom. The van der Waals surface area contributed by atoms with Crippen LogP contribution in [0.4, 0.5) is 0 Å². The number of nitrogens with zero attached hydrogens (tertiary/aromatic N) is 1. The second-order valence-electron chi connectivity index (χ2n) is 11.6. The average Bonchev–Trinajstić information content (AvgIpc) is 3.45. The van der Waals surface area contributed by atoms with Gasteiger partial charge in [-0.3, -0.25) is 0 Å². The van der Waals surface area contributed by atoms with Gasteiger partial charge in [-0.25, -0.2) is 0 Å². The van der Waals surface area contributed by atoms with Gasteiger partial charge in [0.15, 0.2) is 7.14 Å². The Labute approximate surface area is 226 Å². The van der Waals surface area contributed by atoms with Gasteiger partial charge in [0.05, 0.1) is 0 Å². The van der Waals surface area contributed by atoms with E-state index in [1.54, 1.807) is 0 Å². The number of benzene rings is 4. The van der Waals surface area contributed by atoms with Crippen LogP contribution >= 0.6 is 7.14 Å². The van der Waals surface area contributed by atoms with E-state index in [0.717, 1.165) is 44.6 Å². The molecule has 2 nitrogen and oxygen atoms in total. The molecule has 0 bridgehead atoms. The molecule has 0 aliphatic carbocycles. The molecule has 1 aliphatic heterocycles. The van der Waals surface area contributed by atoms with Crippen molar-refractivity contribution in [3.8, 4) is 16.8 Å².